The number of hydrogen-bond donors (Lipinski definition) is 1. The van der Waals surface area contributed by atoms with Crippen LogP contribution in [-0.2, 0) is 20.1 Å². The molecule has 160 valence electrons. The summed E-state index contributed by atoms with van der Waals surface area (Å²) in [6.07, 6.45) is 0. The van der Waals surface area contributed by atoms with Gasteiger partial charge in [-0.2, -0.15) is 5.26 Å². The first-order chi connectivity index (χ1) is 15.5. The zero-order valence-electron chi connectivity index (χ0n) is 17.2. The Kier molecular flexibility index (Phi) is 6.50. The number of nitrogens with zero attached hydrogens (tertiary/aromatic N) is 1. The Bertz CT molecular complexity index is 1280. The van der Waals surface area contributed by atoms with Crippen LogP contribution in [0, 0.1) is 17.2 Å². The fourth-order valence-electron chi connectivity index (χ4n) is 3.95. The van der Waals surface area contributed by atoms with E-state index in [9.17, 15) is 14.9 Å². The molecule has 0 saturated heterocycles. The van der Waals surface area contributed by atoms with Crippen molar-refractivity contribution >= 4 is 46.0 Å². The SMILES string of the molecule is COC(=O)[C@@H]1C(=O)NC(SCc2cccc3ccccc23)=C(C#N)[C@H]1c1ccccc1Cl. The highest BCUT2D eigenvalue weighted by Crippen LogP contribution is 2.43. The van der Waals surface area contributed by atoms with Crippen LogP contribution in [0.5, 0.6) is 0 Å². The van der Waals surface area contributed by atoms with Crippen LogP contribution in [0.25, 0.3) is 10.8 Å². The van der Waals surface area contributed by atoms with E-state index in [4.69, 9.17) is 16.3 Å². The lowest BCUT2D eigenvalue weighted by Crippen LogP contribution is -2.44. The number of ether oxygens (including phenoxy) is 1. The van der Waals surface area contributed by atoms with Gasteiger partial charge in [-0.3, -0.25) is 9.59 Å². The first kappa shape index (κ1) is 21.9. The summed E-state index contributed by atoms with van der Waals surface area (Å²) < 4.78 is 4.88. The van der Waals surface area contributed by atoms with Gasteiger partial charge in [-0.15, -0.1) is 11.8 Å². The highest BCUT2D eigenvalue weighted by molar-refractivity contribution is 8.02. The number of carbonyl (C=O) groups excluding carboxylic acids is 2. The lowest BCUT2D eigenvalue weighted by atomic mass is 9.78. The molecule has 5 nitrogen and oxygen atoms in total. The van der Waals surface area contributed by atoms with Crippen LogP contribution in [-0.4, -0.2) is 19.0 Å². The summed E-state index contributed by atoms with van der Waals surface area (Å²) in [4.78, 5) is 25.5. The number of methoxy groups -OCH3 is 1. The number of rotatable bonds is 5. The molecule has 32 heavy (non-hydrogen) atoms. The summed E-state index contributed by atoms with van der Waals surface area (Å²) >= 11 is 7.76. The maximum atomic E-state index is 13.0. The van der Waals surface area contributed by atoms with Crippen LogP contribution in [0.2, 0.25) is 5.02 Å². The fraction of sp³-hybridized carbons (Fsp3) is 0.160. The smallest absolute Gasteiger partial charge is 0.319 e. The second-order valence-corrected chi connectivity index (χ2v) is 8.66. The number of halogens is 1. The highest BCUT2D eigenvalue weighted by atomic mass is 35.5. The minimum Gasteiger partial charge on any atom is -0.468 e. The number of benzene rings is 3. The molecular formula is C25H19ClN2O3S. The van der Waals surface area contributed by atoms with Crippen molar-refractivity contribution < 1.29 is 14.3 Å². The van der Waals surface area contributed by atoms with Gasteiger partial charge in [0.25, 0.3) is 0 Å². The number of nitriles is 1. The highest BCUT2D eigenvalue weighted by Gasteiger charge is 2.45. The molecule has 0 fully saturated rings. The maximum absolute atomic E-state index is 13.0. The second kappa shape index (κ2) is 9.47. The van der Waals surface area contributed by atoms with E-state index in [0.29, 0.717) is 26.9 Å². The number of allylic oxidation sites excluding steroid dienone is 1. The van der Waals surface area contributed by atoms with Gasteiger partial charge in [-0.05, 0) is 28.0 Å². The van der Waals surface area contributed by atoms with E-state index in [1.165, 1.54) is 18.9 Å². The molecule has 1 N–H and O–H groups in total. The Balaban J connectivity index is 1.76. The number of thioether (sulfide) groups is 1. The molecule has 1 aliphatic rings. The van der Waals surface area contributed by atoms with Gasteiger partial charge in [-0.1, -0.05) is 72.3 Å². The Labute approximate surface area is 195 Å². The van der Waals surface area contributed by atoms with Crippen molar-refractivity contribution in [2.45, 2.75) is 11.7 Å². The van der Waals surface area contributed by atoms with Crippen LogP contribution in [0.1, 0.15) is 17.0 Å². The van der Waals surface area contributed by atoms with Gasteiger partial charge in [0, 0.05) is 16.7 Å². The van der Waals surface area contributed by atoms with Gasteiger partial charge in [0.1, 0.15) is 5.92 Å². The molecule has 1 amide bonds. The molecule has 0 aliphatic carbocycles. The van der Waals surface area contributed by atoms with Crippen LogP contribution in [0.4, 0.5) is 0 Å². The van der Waals surface area contributed by atoms with Crippen molar-refractivity contribution in [2.75, 3.05) is 7.11 Å². The molecule has 4 rings (SSSR count). The fourth-order valence-corrected chi connectivity index (χ4v) is 5.26. The molecule has 3 aromatic carbocycles. The van der Waals surface area contributed by atoms with Crippen molar-refractivity contribution in [3.05, 3.63) is 93.5 Å². The Morgan fingerprint density at radius 2 is 1.84 bits per heavy atom. The molecule has 1 aliphatic heterocycles. The first-order valence-electron chi connectivity index (χ1n) is 9.92. The zero-order valence-corrected chi connectivity index (χ0v) is 18.7. The van der Waals surface area contributed by atoms with Crippen molar-refractivity contribution in [1.29, 1.82) is 5.26 Å². The van der Waals surface area contributed by atoms with E-state index in [1.807, 2.05) is 42.5 Å². The van der Waals surface area contributed by atoms with Crippen LogP contribution >= 0.6 is 23.4 Å². The molecule has 0 bridgehead atoms. The average molecular weight is 463 g/mol. The van der Waals surface area contributed by atoms with Gasteiger partial charge in [0.15, 0.2) is 0 Å². The third-order valence-corrected chi connectivity index (χ3v) is 6.89. The van der Waals surface area contributed by atoms with Crippen molar-refractivity contribution in [3.63, 3.8) is 0 Å². The predicted molar refractivity (Wildman–Crippen MR) is 126 cm³/mol. The van der Waals surface area contributed by atoms with Crippen molar-refractivity contribution in [3.8, 4) is 6.07 Å². The van der Waals surface area contributed by atoms with E-state index in [2.05, 4.69) is 11.4 Å². The Morgan fingerprint density at radius 3 is 2.59 bits per heavy atom. The van der Waals surface area contributed by atoms with Crippen LogP contribution < -0.4 is 5.32 Å². The topological polar surface area (TPSA) is 79.2 Å². The number of hydrogen-bond acceptors (Lipinski definition) is 5. The molecule has 0 spiro atoms. The standard InChI is InChI=1S/C25H19ClN2O3S/c1-31-25(30)22-21(18-11-4-5-12-20(18)26)19(13-27)24(28-23(22)29)32-14-16-9-6-8-15-7-2-3-10-17(15)16/h2-12,21-22H,14H2,1H3,(H,28,29)/t21-,22+/m1/s1. The van der Waals surface area contributed by atoms with E-state index in [0.717, 1.165) is 16.3 Å². The molecule has 2 atom stereocenters. The van der Waals surface area contributed by atoms with E-state index >= 15 is 0 Å². The Morgan fingerprint density at radius 1 is 1.12 bits per heavy atom. The summed E-state index contributed by atoms with van der Waals surface area (Å²) in [5.74, 6) is -2.71. The van der Waals surface area contributed by atoms with Gasteiger partial charge in [-0.25, -0.2) is 0 Å². The summed E-state index contributed by atoms with van der Waals surface area (Å²) in [6, 6.07) is 23.2. The summed E-state index contributed by atoms with van der Waals surface area (Å²) in [7, 11) is 1.22. The van der Waals surface area contributed by atoms with Crippen molar-refractivity contribution in [2.24, 2.45) is 5.92 Å². The maximum Gasteiger partial charge on any atom is 0.319 e. The minimum atomic E-state index is -1.20. The molecular weight excluding hydrogens is 444 g/mol. The quantitative estimate of drug-likeness (QED) is 0.418. The van der Waals surface area contributed by atoms with Crippen molar-refractivity contribution in [1.82, 2.24) is 5.32 Å². The van der Waals surface area contributed by atoms with E-state index in [-0.39, 0.29) is 0 Å². The molecule has 3 aromatic rings. The summed E-state index contributed by atoms with van der Waals surface area (Å²) in [6.45, 7) is 0. The third kappa shape index (κ3) is 4.10. The first-order valence-corrected chi connectivity index (χ1v) is 11.3. The second-order valence-electron chi connectivity index (χ2n) is 7.27. The monoisotopic (exact) mass is 462 g/mol. The number of nitrogens with one attached hydrogen (secondary N) is 1. The van der Waals surface area contributed by atoms with E-state index < -0.39 is 23.7 Å². The number of esters is 1. The largest absolute Gasteiger partial charge is 0.468 e. The number of amides is 1. The molecule has 7 heteroatoms. The normalized spacial score (nSPS) is 18.2. The molecule has 1 heterocycles. The molecule has 0 saturated carbocycles. The predicted octanol–water partition coefficient (Wildman–Crippen LogP) is 5.16. The van der Waals surface area contributed by atoms with Gasteiger partial charge in [0.05, 0.1) is 23.8 Å². The van der Waals surface area contributed by atoms with Gasteiger partial charge < -0.3 is 10.1 Å². The van der Waals surface area contributed by atoms with Crippen LogP contribution in [0.3, 0.4) is 0 Å². The minimum absolute atomic E-state index is 0.290. The third-order valence-electron chi connectivity index (χ3n) is 5.48. The number of fused-ring (bicyclic) bond motifs is 1. The van der Waals surface area contributed by atoms with E-state index in [1.54, 1.807) is 24.3 Å². The molecule has 0 unspecified atom stereocenters. The van der Waals surface area contributed by atoms with Gasteiger partial charge >= 0.3 is 5.97 Å². The molecule has 0 radical (unpaired) electrons. The summed E-state index contributed by atoms with van der Waals surface area (Å²) in [5.41, 5.74) is 1.91. The lowest BCUT2D eigenvalue weighted by Gasteiger charge is -2.31. The summed E-state index contributed by atoms with van der Waals surface area (Å²) in [5, 5.41) is 15.8. The Hall–Kier alpha value is -3.27. The van der Waals surface area contributed by atoms with Gasteiger partial charge in [0.2, 0.25) is 5.91 Å². The number of carbonyl (C=O) groups is 2. The lowest BCUT2D eigenvalue weighted by molar-refractivity contribution is -0.150. The molecule has 0 aromatic heterocycles. The van der Waals surface area contributed by atoms with Crippen LogP contribution in [0.15, 0.2) is 77.3 Å². The average Bonchev–Trinajstić information content (AvgIpc) is 2.82. The zero-order chi connectivity index (χ0) is 22.7.